The van der Waals surface area contributed by atoms with E-state index in [2.05, 4.69) is 15.5 Å². The topological polar surface area (TPSA) is 95.4 Å². The van der Waals surface area contributed by atoms with Crippen molar-refractivity contribution >= 4 is 34.4 Å². The molecule has 0 bridgehead atoms. The second-order valence-corrected chi connectivity index (χ2v) is 7.94. The third-order valence-corrected chi connectivity index (χ3v) is 5.83. The molecule has 0 spiro atoms. The summed E-state index contributed by atoms with van der Waals surface area (Å²) in [7, 11) is 4.63. The van der Waals surface area contributed by atoms with E-state index in [0.717, 1.165) is 21.4 Å². The van der Waals surface area contributed by atoms with Crippen LogP contribution < -0.4 is 21.4 Å². The molecule has 0 aliphatic carbocycles. The molecule has 0 unspecified atom stereocenters. The molecule has 0 amide bonds. The maximum Gasteiger partial charge on any atom is 0.332 e. The molecule has 0 saturated carbocycles. The average molecular weight is 467 g/mol. The Labute approximate surface area is 194 Å². The number of rotatable bonds is 6. The number of nitrogens with zero attached hydrogens (tertiary/aromatic N) is 5. The van der Waals surface area contributed by atoms with Crippen molar-refractivity contribution in [1.82, 2.24) is 18.7 Å². The molecule has 0 saturated heterocycles. The van der Waals surface area contributed by atoms with Crippen molar-refractivity contribution in [2.45, 2.75) is 13.5 Å². The molecule has 33 heavy (non-hydrogen) atoms. The Morgan fingerprint density at radius 2 is 1.79 bits per heavy atom. The Morgan fingerprint density at radius 1 is 1.09 bits per heavy atom. The minimum Gasteiger partial charge on any atom is -0.497 e. The predicted molar refractivity (Wildman–Crippen MR) is 130 cm³/mol. The molecular formula is C23H23ClN6O3. The zero-order chi connectivity index (χ0) is 23.7. The largest absolute Gasteiger partial charge is 0.497 e. The minimum atomic E-state index is -0.459. The highest BCUT2D eigenvalue weighted by molar-refractivity contribution is 6.31. The van der Waals surface area contributed by atoms with Gasteiger partial charge in [0.15, 0.2) is 11.2 Å². The van der Waals surface area contributed by atoms with Crippen molar-refractivity contribution < 1.29 is 4.74 Å². The van der Waals surface area contributed by atoms with E-state index in [1.165, 1.54) is 11.6 Å². The molecule has 0 radical (unpaired) electrons. The van der Waals surface area contributed by atoms with Crippen LogP contribution in [-0.4, -0.2) is 31.5 Å². The minimum absolute atomic E-state index is 0.259. The first-order valence-electron chi connectivity index (χ1n) is 10.2. The number of imidazole rings is 1. The Hall–Kier alpha value is -3.85. The third kappa shape index (κ3) is 4.14. The fourth-order valence-corrected chi connectivity index (χ4v) is 3.71. The number of methoxy groups -OCH3 is 1. The van der Waals surface area contributed by atoms with Gasteiger partial charge in [0.05, 0.1) is 19.4 Å². The molecule has 0 aliphatic heterocycles. The molecular weight excluding hydrogens is 444 g/mol. The van der Waals surface area contributed by atoms with Gasteiger partial charge in [-0.15, -0.1) is 0 Å². The summed E-state index contributed by atoms with van der Waals surface area (Å²) >= 11 is 6.37. The summed E-state index contributed by atoms with van der Waals surface area (Å²) in [4.78, 5) is 30.0. The fraction of sp³-hybridized carbons (Fsp3) is 0.217. The molecule has 1 N–H and O–H groups in total. The van der Waals surface area contributed by atoms with Gasteiger partial charge in [0.1, 0.15) is 5.75 Å². The van der Waals surface area contributed by atoms with Crippen LogP contribution in [0.4, 0.5) is 5.95 Å². The van der Waals surface area contributed by atoms with Gasteiger partial charge in [-0.25, -0.2) is 10.2 Å². The molecule has 4 rings (SSSR count). The van der Waals surface area contributed by atoms with E-state index < -0.39 is 11.2 Å². The lowest BCUT2D eigenvalue weighted by Crippen LogP contribution is -2.37. The van der Waals surface area contributed by atoms with Crippen LogP contribution in [-0.2, 0) is 20.6 Å². The van der Waals surface area contributed by atoms with E-state index in [1.54, 1.807) is 24.8 Å². The van der Waals surface area contributed by atoms with Gasteiger partial charge in [0.25, 0.3) is 5.56 Å². The van der Waals surface area contributed by atoms with Gasteiger partial charge >= 0.3 is 5.69 Å². The first-order valence-corrected chi connectivity index (χ1v) is 10.5. The number of nitrogens with one attached hydrogen (secondary N) is 1. The smallest absolute Gasteiger partial charge is 0.332 e. The fourth-order valence-electron chi connectivity index (χ4n) is 3.51. The summed E-state index contributed by atoms with van der Waals surface area (Å²) in [6.45, 7) is 2.12. The first kappa shape index (κ1) is 22.3. The Balaban J connectivity index is 1.83. The quantitative estimate of drug-likeness (QED) is 0.348. The predicted octanol–water partition coefficient (Wildman–Crippen LogP) is 2.98. The summed E-state index contributed by atoms with van der Waals surface area (Å²) in [5, 5.41) is 5.02. The number of fused-ring (bicyclic) bond motifs is 1. The van der Waals surface area contributed by atoms with Crippen molar-refractivity contribution in [3.8, 4) is 5.75 Å². The van der Waals surface area contributed by atoms with Crippen molar-refractivity contribution in [2.75, 3.05) is 12.5 Å². The highest BCUT2D eigenvalue weighted by Gasteiger charge is 2.20. The first-order chi connectivity index (χ1) is 15.8. The van der Waals surface area contributed by atoms with Gasteiger partial charge in [0.2, 0.25) is 5.95 Å². The van der Waals surface area contributed by atoms with Crippen molar-refractivity contribution in [3.63, 3.8) is 0 Å². The van der Waals surface area contributed by atoms with E-state index >= 15 is 0 Å². The van der Waals surface area contributed by atoms with Crippen LogP contribution in [0.15, 0.2) is 63.2 Å². The van der Waals surface area contributed by atoms with Crippen LogP contribution >= 0.6 is 11.6 Å². The number of hydrogen-bond donors (Lipinski definition) is 1. The van der Waals surface area contributed by atoms with Gasteiger partial charge in [0, 0.05) is 19.1 Å². The molecule has 4 aromatic rings. The van der Waals surface area contributed by atoms with Crippen LogP contribution in [0, 0.1) is 0 Å². The highest BCUT2D eigenvalue weighted by atomic mass is 35.5. The van der Waals surface area contributed by atoms with Crippen LogP contribution in [0.2, 0.25) is 5.02 Å². The summed E-state index contributed by atoms with van der Waals surface area (Å²) in [6.07, 6.45) is 0. The SMILES string of the molecule is COc1ccc(/C(C)=N\Nc2nc3c(c(=O)n(C)c(=O)n3C)n2Cc2ccccc2Cl)cc1. The standard InChI is InChI=1S/C23H23ClN6O3/c1-14(15-9-11-17(33-4)12-10-15)26-27-22-25-20-19(21(31)29(3)23(32)28(20)2)30(22)13-16-7-5-6-8-18(16)24/h5-12H,13H2,1-4H3,(H,25,27)/b26-14-. The summed E-state index contributed by atoms with van der Waals surface area (Å²) in [5.41, 5.74) is 4.99. The molecule has 0 atom stereocenters. The third-order valence-electron chi connectivity index (χ3n) is 5.47. The van der Waals surface area contributed by atoms with E-state index in [4.69, 9.17) is 16.3 Å². The molecule has 0 fully saturated rings. The molecule has 10 heteroatoms. The van der Waals surface area contributed by atoms with E-state index in [9.17, 15) is 9.59 Å². The molecule has 9 nitrogen and oxygen atoms in total. The Bertz CT molecular complexity index is 1480. The lowest BCUT2D eigenvalue weighted by molar-refractivity contribution is 0.415. The number of hydrogen-bond acceptors (Lipinski definition) is 6. The van der Waals surface area contributed by atoms with Crippen molar-refractivity contribution in [3.05, 3.63) is 85.5 Å². The number of ether oxygens (including phenoxy) is 1. The van der Waals surface area contributed by atoms with Crippen LogP contribution in [0.1, 0.15) is 18.1 Å². The number of benzene rings is 2. The summed E-state index contributed by atoms with van der Waals surface area (Å²) in [6, 6.07) is 14.8. The van der Waals surface area contributed by atoms with E-state index in [0.29, 0.717) is 16.7 Å². The lowest BCUT2D eigenvalue weighted by atomic mass is 10.1. The zero-order valence-corrected chi connectivity index (χ0v) is 19.4. The van der Waals surface area contributed by atoms with Crippen LogP contribution in [0.5, 0.6) is 5.75 Å². The van der Waals surface area contributed by atoms with Gasteiger partial charge in [-0.3, -0.25) is 18.5 Å². The lowest BCUT2D eigenvalue weighted by Gasteiger charge is -2.11. The van der Waals surface area contributed by atoms with Gasteiger partial charge < -0.3 is 4.74 Å². The number of aryl methyl sites for hydroxylation is 1. The number of hydrazone groups is 1. The Kier molecular flexibility index (Phi) is 6.06. The van der Waals surface area contributed by atoms with Crippen LogP contribution in [0.25, 0.3) is 11.2 Å². The number of aromatic nitrogens is 4. The molecule has 2 aromatic carbocycles. The van der Waals surface area contributed by atoms with Crippen molar-refractivity contribution in [1.29, 1.82) is 0 Å². The monoisotopic (exact) mass is 466 g/mol. The maximum absolute atomic E-state index is 13.0. The maximum atomic E-state index is 13.0. The average Bonchev–Trinajstić information content (AvgIpc) is 3.19. The normalized spacial score (nSPS) is 11.7. The van der Waals surface area contributed by atoms with Crippen molar-refractivity contribution in [2.24, 2.45) is 19.2 Å². The van der Waals surface area contributed by atoms with E-state index in [-0.39, 0.29) is 17.7 Å². The van der Waals surface area contributed by atoms with E-state index in [1.807, 2.05) is 49.4 Å². The van der Waals surface area contributed by atoms with Crippen LogP contribution in [0.3, 0.4) is 0 Å². The zero-order valence-electron chi connectivity index (χ0n) is 18.7. The molecule has 2 heterocycles. The second-order valence-electron chi connectivity index (χ2n) is 7.53. The van der Waals surface area contributed by atoms with Gasteiger partial charge in [-0.1, -0.05) is 29.8 Å². The molecule has 2 aromatic heterocycles. The highest BCUT2D eigenvalue weighted by Crippen LogP contribution is 2.22. The van der Waals surface area contributed by atoms with Gasteiger partial charge in [-0.05, 0) is 48.4 Å². The van der Waals surface area contributed by atoms with Gasteiger partial charge in [-0.2, -0.15) is 10.1 Å². The number of anilines is 1. The number of halogens is 1. The molecule has 170 valence electrons. The second kappa shape index (κ2) is 8.95. The Morgan fingerprint density at radius 3 is 2.45 bits per heavy atom. The molecule has 0 aliphatic rings. The summed E-state index contributed by atoms with van der Waals surface area (Å²) in [5.74, 6) is 1.06. The summed E-state index contributed by atoms with van der Waals surface area (Å²) < 4.78 is 9.28.